The summed E-state index contributed by atoms with van der Waals surface area (Å²) in [4.78, 5) is 25.2. The molecule has 1 atom stereocenters. The molecule has 24 heavy (non-hydrogen) atoms. The van der Waals surface area contributed by atoms with E-state index in [0.29, 0.717) is 17.8 Å². The zero-order valence-electron chi connectivity index (χ0n) is 13.5. The Bertz CT molecular complexity index is 669. The highest BCUT2D eigenvalue weighted by Gasteiger charge is 2.14. The van der Waals surface area contributed by atoms with Gasteiger partial charge in [-0.2, -0.15) is 0 Å². The van der Waals surface area contributed by atoms with E-state index in [-0.39, 0.29) is 30.9 Å². The highest BCUT2D eigenvalue weighted by Crippen LogP contribution is 2.22. The van der Waals surface area contributed by atoms with Crippen LogP contribution in [0.15, 0.2) is 41.8 Å². The van der Waals surface area contributed by atoms with Crippen molar-refractivity contribution in [3.05, 3.63) is 46.7 Å². The van der Waals surface area contributed by atoms with Crippen LogP contribution in [-0.4, -0.2) is 31.6 Å². The van der Waals surface area contributed by atoms with Crippen LogP contribution in [0.4, 0.5) is 11.4 Å². The molecule has 1 unspecified atom stereocenters. The van der Waals surface area contributed by atoms with Crippen molar-refractivity contribution in [1.29, 1.82) is 0 Å². The lowest BCUT2D eigenvalue weighted by Crippen LogP contribution is -2.28. The van der Waals surface area contributed by atoms with Gasteiger partial charge in [0.15, 0.2) is 0 Å². The number of hydrogen-bond acceptors (Lipinski definition) is 5. The van der Waals surface area contributed by atoms with Crippen molar-refractivity contribution in [2.75, 3.05) is 24.3 Å². The molecule has 1 aromatic heterocycles. The molecule has 0 aliphatic rings. The zero-order chi connectivity index (χ0) is 17.4. The quantitative estimate of drug-likeness (QED) is 0.683. The van der Waals surface area contributed by atoms with E-state index in [4.69, 9.17) is 10.5 Å². The topological polar surface area (TPSA) is 93.4 Å². The summed E-state index contributed by atoms with van der Waals surface area (Å²) >= 11 is 1.53. The van der Waals surface area contributed by atoms with Crippen LogP contribution in [-0.2, 0) is 20.7 Å². The number of rotatable bonds is 8. The summed E-state index contributed by atoms with van der Waals surface area (Å²) < 4.78 is 5.11. The highest BCUT2D eigenvalue weighted by atomic mass is 32.1. The minimum absolute atomic E-state index is 0.129. The van der Waals surface area contributed by atoms with Crippen LogP contribution in [0.25, 0.3) is 0 Å². The van der Waals surface area contributed by atoms with Gasteiger partial charge in [0, 0.05) is 18.5 Å². The van der Waals surface area contributed by atoms with Crippen molar-refractivity contribution in [3.8, 4) is 0 Å². The molecular weight excluding hydrogens is 326 g/mol. The van der Waals surface area contributed by atoms with Crippen molar-refractivity contribution in [1.82, 2.24) is 0 Å². The number of ether oxygens (including phenoxy) is 1. The Labute approximate surface area is 145 Å². The summed E-state index contributed by atoms with van der Waals surface area (Å²) in [6.45, 7) is 0.267. The number of hydrogen-bond donors (Lipinski definition) is 3. The van der Waals surface area contributed by atoms with Gasteiger partial charge >= 0.3 is 0 Å². The number of carbonyl (C=O) groups excluding carboxylic acids is 2. The van der Waals surface area contributed by atoms with Gasteiger partial charge in [-0.3, -0.25) is 9.59 Å². The Balaban J connectivity index is 1.99. The summed E-state index contributed by atoms with van der Waals surface area (Å²) in [5.41, 5.74) is 6.64. The summed E-state index contributed by atoms with van der Waals surface area (Å²) in [6, 6.07) is 10.9. The minimum Gasteiger partial charge on any atom is -0.380 e. The second kappa shape index (κ2) is 9.17. The lowest BCUT2D eigenvalue weighted by atomic mass is 10.2. The van der Waals surface area contributed by atoms with Crippen molar-refractivity contribution in [2.45, 2.75) is 18.9 Å². The molecule has 0 radical (unpaired) electrons. The molecule has 0 aliphatic carbocycles. The van der Waals surface area contributed by atoms with Crippen molar-refractivity contribution in [3.63, 3.8) is 0 Å². The number of nitrogens with two attached hydrogens (primary N) is 1. The predicted molar refractivity (Wildman–Crippen MR) is 96.2 cm³/mol. The third kappa shape index (κ3) is 5.45. The molecule has 128 valence electrons. The van der Waals surface area contributed by atoms with E-state index in [2.05, 4.69) is 10.6 Å². The third-order valence-electron chi connectivity index (χ3n) is 3.40. The number of methoxy groups -OCH3 is 1. The van der Waals surface area contributed by atoms with E-state index in [1.165, 1.54) is 18.4 Å². The first-order chi connectivity index (χ1) is 11.6. The number of benzene rings is 1. The fraction of sp³-hybridized carbons (Fsp3) is 0.294. The zero-order valence-corrected chi connectivity index (χ0v) is 14.3. The smallest absolute Gasteiger partial charge is 0.229 e. The van der Waals surface area contributed by atoms with Gasteiger partial charge in [-0.05, 0) is 23.6 Å². The molecule has 0 fully saturated rings. The van der Waals surface area contributed by atoms with E-state index >= 15 is 0 Å². The lowest BCUT2D eigenvalue weighted by molar-refractivity contribution is -0.118. The van der Waals surface area contributed by atoms with Gasteiger partial charge in [0.2, 0.25) is 11.8 Å². The van der Waals surface area contributed by atoms with Crippen LogP contribution < -0.4 is 16.4 Å². The van der Waals surface area contributed by atoms with E-state index in [0.717, 1.165) is 4.88 Å². The number of para-hydroxylation sites is 2. The van der Waals surface area contributed by atoms with Gasteiger partial charge in [0.05, 0.1) is 30.3 Å². The van der Waals surface area contributed by atoms with Crippen molar-refractivity contribution >= 4 is 34.5 Å². The number of thiophene rings is 1. The summed E-state index contributed by atoms with van der Waals surface area (Å²) in [5.74, 6) is -0.344. The van der Waals surface area contributed by atoms with Crippen LogP contribution in [0.3, 0.4) is 0 Å². The molecule has 2 amide bonds. The van der Waals surface area contributed by atoms with Crippen molar-refractivity contribution in [2.24, 2.45) is 5.73 Å². The third-order valence-corrected chi connectivity index (χ3v) is 4.28. The molecule has 0 spiro atoms. The second-order valence-corrected chi connectivity index (χ2v) is 6.23. The lowest BCUT2D eigenvalue weighted by Gasteiger charge is -2.15. The van der Waals surface area contributed by atoms with Gasteiger partial charge < -0.3 is 21.1 Å². The van der Waals surface area contributed by atoms with Crippen LogP contribution >= 0.6 is 11.3 Å². The average molecular weight is 347 g/mol. The Hall–Kier alpha value is -2.22. The molecule has 2 rings (SSSR count). The highest BCUT2D eigenvalue weighted by molar-refractivity contribution is 7.10. The van der Waals surface area contributed by atoms with Crippen LogP contribution in [0.5, 0.6) is 0 Å². The number of amides is 2. The van der Waals surface area contributed by atoms with Gasteiger partial charge in [0.1, 0.15) is 0 Å². The standard InChI is InChI=1S/C17H21N3O3S/c1-23-12(11-18)9-16(21)19-14-6-2-3-7-15(14)20-17(22)10-13-5-4-8-24-13/h2-8,12H,9-11,18H2,1H3,(H,19,21)(H,20,22). The second-order valence-electron chi connectivity index (χ2n) is 5.20. The van der Waals surface area contributed by atoms with E-state index in [1.54, 1.807) is 24.3 Å². The molecular formula is C17H21N3O3S. The molecule has 0 saturated heterocycles. The number of nitrogens with one attached hydrogen (secondary N) is 2. The van der Waals surface area contributed by atoms with Gasteiger partial charge in [0.25, 0.3) is 0 Å². The molecule has 7 heteroatoms. The Morgan fingerprint density at radius 2 is 1.79 bits per heavy atom. The Kier molecular flexibility index (Phi) is 6.92. The number of anilines is 2. The maximum atomic E-state index is 12.1. The first-order valence-electron chi connectivity index (χ1n) is 7.56. The Morgan fingerprint density at radius 3 is 2.33 bits per heavy atom. The van der Waals surface area contributed by atoms with Gasteiger partial charge in [-0.1, -0.05) is 18.2 Å². The first kappa shape index (κ1) is 18.1. The first-order valence-corrected chi connectivity index (χ1v) is 8.44. The normalized spacial score (nSPS) is 11.8. The minimum atomic E-state index is -0.328. The molecule has 0 aliphatic heterocycles. The average Bonchev–Trinajstić information content (AvgIpc) is 3.07. The SMILES string of the molecule is COC(CN)CC(=O)Nc1ccccc1NC(=O)Cc1cccs1. The van der Waals surface area contributed by atoms with Crippen LogP contribution in [0.1, 0.15) is 11.3 Å². The summed E-state index contributed by atoms with van der Waals surface area (Å²) in [6.07, 6.45) is 0.133. The maximum absolute atomic E-state index is 12.1. The van der Waals surface area contributed by atoms with Crippen molar-refractivity contribution < 1.29 is 14.3 Å². The van der Waals surface area contributed by atoms with Crippen LogP contribution in [0, 0.1) is 0 Å². The summed E-state index contributed by atoms with van der Waals surface area (Å²) in [7, 11) is 1.52. The van der Waals surface area contributed by atoms with Crippen LogP contribution in [0.2, 0.25) is 0 Å². The monoisotopic (exact) mass is 347 g/mol. The molecule has 0 saturated carbocycles. The van der Waals surface area contributed by atoms with E-state index in [1.807, 2.05) is 17.5 Å². The summed E-state index contributed by atoms with van der Waals surface area (Å²) in [5, 5.41) is 7.55. The molecule has 2 aromatic rings. The molecule has 1 heterocycles. The predicted octanol–water partition coefficient (Wildman–Crippen LogP) is 2.23. The maximum Gasteiger partial charge on any atom is 0.229 e. The fourth-order valence-electron chi connectivity index (χ4n) is 2.14. The fourth-order valence-corrected chi connectivity index (χ4v) is 2.84. The van der Waals surface area contributed by atoms with Gasteiger partial charge in [-0.15, -0.1) is 11.3 Å². The van der Waals surface area contributed by atoms with E-state index in [9.17, 15) is 9.59 Å². The number of carbonyl (C=O) groups is 2. The van der Waals surface area contributed by atoms with E-state index < -0.39 is 0 Å². The largest absolute Gasteiger partial charge is 0.380 e. The molecule has 6 nitrogen and oxygen atoms in total. The molecule has 4 N–H and O–H groups in total. The Morgan fingerprint density at radius 1 is 1.12 bits per heavy atom. The molecule has 1 aromatic carbocycles. The molecule has 0 bridgehead atoms. The van der Waals surface area contributed by atoms with Gasteiger partial charge in [-0.25, -0.2) is 0 Å².